The number of rotatable bonds is 10. The number of ether oxygens (including phenoxy) is 2. The first-order valence-electron chi connectivity index (χ1n) is 13.6. The maximum Gasteiger partial charge on any atom is 0.303 e. The molecule has 0 fully saturated rings. The Morgan fingerprint density at radius 3 is 2.51 bits per heavy atom. The molecule has 0 aromatic heterocycles. The van der Waals surface area contributed by atoms with Gasteiger partial charge in [-0.15, -0.1) is 17.0 Å². The van der Waals surface area contributed by atoms with Crippen molar-refractivity contribution in [1.82, 2.24) is 10.2 Å². The van der Waals surface area contributed by atoms with E-state index in [0.29, 0.717) is 61.7 Å². The first-order valence-corrected chi connectivity index (χ1v) is 13.6. The van der Waals surface area contributed by atoms with Crippen LogP contribution in [0.2, 0.25) is 0 Å². The molecule has 41 heavy (non-hydrogen) atoms. The number of carboxylic acid groups (broad SMARTS) is 1. The Bertz CT molecular complexity index is 1350. The summed E-state index contributed by atoms with van der Waals surface area (Å²) in [6, 6.07) is 7.16. The number of anilines is 1. The Balaban J connectivity index is 0.00000462. The number of hydrogen-bond acceptors (Lipinski definition) is 7. The topological polar surface area (TPSA) is 132 Å². The Labute approximate surface area is 251 Å². The van der Waals surface area contributed by atoms with Crippen molar-refractivity contribution in [3.8, 4) is 11.5 Å². The lowest BCUT2D eigenvalue weighted by molar-refractivity contribution is -0.137. The zero-order valence-corrected chi connectivity index (χ0v) is 26.0. The number of fused-ring (bicyclic) bond motifs is 2. The van der Waals surface area contributed by atoms with Gasteiger partial charge in [-0.1, -0.05) is 20.8 Å². The summed E-state index contributed by atoms with van der Waals surface area (Å²) < 4.78 is 11.8. The van der Waals surface area contributed by atoms with Crippen LogP contribution in [-0.2, 0) is 16.8 Å². The van der Waals surface area contributed by atoms with E-state index in [9.17, 15) is 14.4 Å². The molecule has 11 heteroatoms. The van der Waals surface area contributed by atoms with Crippen LogP contribution in [0.4, 0.5) is 5.69 Å². The van der Waals surface area contributed by atoms with E-state index in [1.165, 1.54) is 0 Å². The summed E-state index contributed by atoms with van der Waals surface area (Å²) in [5.74, 6) is 0.0963. The summed E-state index contributed by atoms with van der Waals surface area (Å²) in [7, 11) is 1.55. The van der Waals surface area contributed by atoms with Crippen LogP contribution < -0.4 is 19.7 Å². The standard InChI is InChI=1S/C30H38N4O6.BrH/c1-6-39-25-14-19-16-34(28(31)20(19)15-21(25)29(38)32-5)17-24(35)18-12-22(30(2,3)4)27-23(13-18)33(10-11-40-27)9-7-8-26(36)37;/h12-15,31H,6-11,16-17H2,1-5H3,(H,32,38)(H,36,37);1H. The predicted octanol–water partition coefficient (Wildman–Crippen LogP) is 4.41. The molecule has 2 heterocycles. The van der Waals surface area contributed by atoms with Crippen LogP contribution >= 0.6 is 17.0 Å². The number of Topliss-reactive ketones (excluding diaryl/α,β-unsaturated/α-hetero) is 1. The smallest absolute Gasteiger partial charge is 0.303 e. The molecule has 2 aliphatic heterocycles. The second-order valence-electron chi connectivity index (χ2n) is 11.1. The number of amides is 1. The van der Waals surface area contributed by atoms with Gasteiger partial charge in [0.25, 0.3) is 5.91 Å². The molecule has 4 rings (SSSR count). The van der Waals surface area contributed by atoms with Gasteiger partial charge in [-0.2, -0.15) is 0 Å². The van der Waals surface area contributed by atoms with Crippen LogP contribution in [0.1, 0.15) is 77.9 Å². The zero-order chi connectivity index (χ0) is 29.2. The summed E-state index contributed by atoms with van der Waals surface area (Å²) >= 11 is 0. The number of nitrogens with one attached hydrogen (secondary N) is 2. The SMILES string of the molecule is Br.CCOc1cc2c(cc1C(=O)NC)C(=N)N(CC(=O)c1cc3c(c(C(C)(C)C)c1)OCCN3CCCC(=O)O)C2. The minimum atomic E-state index is -0.835. The van der Waals surface area contributed by atoms with Crippen molar-refractivity contribution in [2.24, 2.45) is 0 Å². The summed E-state index contributed by atoms with van der Waals surface area (Å²) in [6.07, 6.45) is 0.560. The lowest BCUT2D eigenvalue weighted by atomic mass is 9.84. The highest BCUT2D eigenvalue weighted by Crippen LogP contribution is 2.42. The quantitative estimate of drug-likeness (QED) is 0.329. The Hall–Kier alpha value is -3.60. The van der Waals surface area contributed by atoms with E-state index >= 15 is 0 Å². The average molecular weight is 632 g/mol. The van der Waals surface area contributed by atoms with Gasteiger partial charge in [0, 0.05) is 43.2 Å². The first kappa shape index (κ1) is 31.9. The van der Waals surface area contributed by atoms with Crippen molar-refractivity contribution in [1.29, 1.82) is 5.41 Å². The average Bonchev–Trinajstić information content (AvgIpc) is 3.20. The van der Waals surface area contributed by atoms with Crippen molar-refractivity contribution in [2.45, 2.75) is 52.5 Å². The number of amidine groups is 1. The third-order valence-electron chi connectivity index (χ3n) is 7.21. The lowest BCUT2D eigenvalue weighted by Crippen LogP contribution is -2.35. The summed E-state index contributed by atoms with van der Waals surface area (Å²) in [4.78, 5) is 41.0. The van der Waals surface area contributed by atoms with E-state index in [0.717, 1.165) is 22.6 Å². The number of carboxylic acids is 1. The summed E-state index contributed by atoms with van der Waals surface area (Å²) in [5, 5.41) is 20.5. The molecule has 0 saturated heterocycles. The van der Waals surface area contributed by atoms with Crippen molar-refractivity contribution in [3.63, 3.8) is 0 Å². The van der Waals surface area contributed by atoms with Crippen LogP contribution in [0.15, 0.2) is 24.3 Å². The number of carbonyl (C=O) groups is 3. The van der Waals surface area contributed by atoms with Gasteiger partial charge in [-0.25, -0.2) is 0 Å². The molecule has 10 nitrogen and oxygen atoms in total. The van der Waals surface area contributed by atoms with Crippen LogP contribution in [-0.4, -0.2) is 73.4 Å². The van der Waals surface area contributed by atoms with Gasteiger partial charge in [0.15, 0.2) is 5.78 Å². The second-order valence-corrected chi connectivity index (χ2v) is 11.1. The summed E-state index contributed by atoms with van der Waals surface area (Å²) in [6.45, 7) is 10.4. The Kier molecular flexibility index (Phi) is 10.1. The first-order chi connectivity index (χ1) is 18.9. The highest BCUT2D eigenvalue weighted by Gasteiger charge is 2.32. The van der Waals surface area contributed by atoms with Gasteiger partial charge in [0.2, 0.25) is 0 Å². The number of hydrogen-bond donors (Lipinski definition) is 3. The van der Waals surface area contributed by atoms with Gasteiger partial charge in [0.1, 0.15) is 23.9 Å². The highest BCUT2D eigenvalue weighted by molar-refractivity contribution is 8.93. The van der Waals surface area contributed by atoms with Crippen LogP contribution in [0.25, 0.3) is 0 Å². The Morgan fingerprint density at radius 2 is 1.88 bits per heavy atom. The number of aliphatic carboxylic acids is 1. The fourth-order valence-corrected chi connectivity index (χ4v) is 5.16. The van der Waals surface area contributed by atoms with E-state index in [1.54, 1.807) is 24.1 Å². The molecular formula is C30H39BrN4O6. The normalized spacial score (nSPS) is 14.0. The van der Waals surface area contributed by atoms with Crippen molar-refractivity contribution < 1.29 is 29.0 Å². The van der Waals surface area contributed by atoms with Crippen LogP contribution in [0, 0.1) is 5.41 Å². The lowest BCUT2D eigenvalue weighted by Gasteiger charge is -2.35. The second kappa shape index (κ2) is 12.9. The molecular weight excluding hydrogens is 592 g/mol. The minimum absolute atomic E-state index is 0. The van der Waals surface area contributed by atoms with Crippen molar-refractivity contribution >= 4 is 46.2 Å². The molecule has 2 aromatic rings. The maximum atomic E-state index is 13.7. The van der Waals surface area contributed by atoms with Crippen molar-refractivity contribution in [3.05, 3.63) is 52.1 Å². The molecule has 0 unspecified atom stereocenters. The summed E-state index contributed by atoms with van der Waals surface area (Å²) in [5.41, 5.74) is 3.71. The molecule has 2 aromatic carbocycles. The third-order valence-corrected chi connectivity index (χ3v) is 7.21. The van der Waals surface area contributed by atoms with Gasteiger partial charge in [-0.05, 0) is 48.6 Å². The molecule has 2 aliphatic rings. The molecule has 0 aliphatic carbocycles. The maximum absolute atomic E-state index is 13.7. The van der Waals surface area contributed by atoms with E-state index in [-0.39, 0.29) is 52.9 Å². The van der Waals surface area contributed by atoms with Crippen LogP contribution in [0.3, 0.4) is 0 Å². The highest BCUT2D eigenvalue weighted by atomic mass is 79.9. The molecule has 0 bridgehead atoms. The fraction of sp³-hybridized carbons (Fsp3) is 0.467. The number of benzene rings is 2. The number of carbonyl (C=O) groups excluding carboxylic acids is 2. The molecule has 222 valence electrons. The van der Waals surface area contributed by atoms with E-state index < -0.39 is 5.97 Å². The third kappa shape index (κ3) is 6.83. The monoisotopic (exact) mass is 630 g/mol. The Morgan fingerprint density at radius 1 is 1.15 bits per heavy atom. The number of nitrogens with zero attached hydrogens (tertiary/aromatic N) is 2. The molecule has 0 spiro atoms. The molecule has 0 atom stereocenters. The zero-order valence-electron chi connectivity index (χ0n) is 24.3. The van der Waals surface area contributed by atoms with Crippen LogP contribution in [0.5, 0.6) is 11.5 Å². The molecule has 3 N–H and O–H groups in total. The molecule has 0 saturated carbocycles. The predicted molar refractivity (Wildman–Crippen MR) is 163 cm³/mol. The van der Waals surface area contributed by atoms with E-state index in [1.807, 2.05) is 19.1 Å². The molecule has 1 amide bonds. The van der Waals surface area contributed by atoms with Crippen molar-refractivity contribution in [2.75, 3.05) is 44.8 Å². The van der Waals surface area contributed by atoms with Gasteiger partial charge in [0.05, 0.1) is 30.9 Å². The van der Waals surface area contributed by atoms with Gasteiger partial charge >= 0.3 is 5.97 Å². The fourth-order valence-electron chi connectivity index (χ4n) is 5.16. The van der Waals surface area contributed by atoms with E-state index in [4.69, 9.17) is 20.0 Å². The largest absolute Gasteiger partial charge is 0.493 e. The van der Waals surface area contributed by atoms with Gasteiger partial charge < -0.3 is 29.7 Å². The molecule has 0 radical (unpaired) electrons. The minimum Gasteiger partial charge on any atom is -0.493 e. The van der Waals surface area contributed by atoms with E-state index in [2.05, 4.69) is 31.0 Å². The number of ketones is 1. The van der Waals surface area contributed by atoms with Gasteiger partial charge in [-0.3, -0.25) is 19.8 Å². The number of halogens is 1.